The van der Waals surface area contributed by atoms with Crippen molar-refractivity contribution in [2.45, 2.75) is 39.3 Å². The number of rotatable bonds is 5. The highest BCUT2D eigenvalue weighted by Crippen LogP contribution is 2.06. The predicted octanol–water partition coefficient (Wildman–Crippen LogP) is 0.436. The molecule has 0 aliphatic rings. The van der Waals surface area contributed by atoms with Crippen molar-refractivity contribution in [2.75, 3.05) is 6.54 Å². The molecule has 0 aromatic carbocycles. The summed E-state index contributed by atoms with van der Waals surface area (Å²) in [5.41, 5.74) is 5.43. The number of imidazole rings is 1. The summed E-state index contributed by atoms with van der Waals surface area (Å²) >= 11 is 0. The van der Waals surface area contributed by atoms with Crippen molar-refractivity contribution < 1.29 is 14.3 Å². The first-order chi connectivity index (χ1) is 8.78. The van der Waals surface area contributed by atoms with Crippen molar-refractivity contribution in [1.82, 2.24) is 14.9 Å². The van der Waals surface area contributed by atoms with E-state index < -0.39 is 17.6 Å². The van der Waals surface area contributed by atoms with E-state index in [4.69, 9.17) is 10.5 Å². The Bertz CT molecular complexity index is 448. The Balaban J connectivity index is 2.39. The van der Waals surface area contributed by atoms with Crippen LogP contribution in [0.5, 0.6) is 0 Å². The highest BCUT2D eigenvalue weighted by molar-refractivity contribution is 5.73. The highest BCUT2D eigenvalue weighted by atomic mass is 16.6. The van der Waals surface area contributed by atoms with Crippen LogP contribution in [-0.2, 0) is 22.5 Å². The van der Waals surface area contributed by atoms with Crippen molar-refractivity contribution in [3.63, 3.8) is 0 Å². The van der Waals surface area contributed by atoms with Gasteiger partial charge in [0.15, 0.2) is 0 Å². The predicted molar refractivity (Wildman–Crippen MR) is 69.4 cm³/mol. The van der Waals surface area contributed by atoms with Crippen LogP contribution in [0.4, 0.5) is 4.79 Å². The number of aromatic nitrogens is 2. The molecule has 3 N–H and O–H groups in total. The Kier molecular flexibility index (Phi) is 4.91. The number of amides is 2. The molecule has 0 saturated heterocycles. The average Bonchev–Trinajstić information content (AvgIpc) is 2.62. The lowest BCUT2D eigenvalue weighted by Gasteiger charge is -2.19. The molecule has 1 aromatic rings. The Morgan fingerprint density at radius 3 is 2.74 bits per heavy atom. The summed E-state index contributed by atoms with van der Waals surface area (Å²) in [5.74, 6) is -0.431. The van der Waals surface area contributed by atoms with Crippen LogP contribution in [-0.4, -0.2) is 33.7 Å². The van der Waals surface area contributed by atoms with Gasteiger partial charge in [-0.1, -0.05) is 0 Å². The van der Waals surface area contributed by atoms with Gasteiger partial charge in [-0.2, -0.15) is 0 Å². The maximum atomic E-state index is 11.4. The molecule has 0 saturated carbocycles. The number of alkyl carbamates (subject to hydrolysis) is 1. The molecule has 0 aliphatic carbocycles. The van der Waals surface area contributed by atoms with Crippen LogP contribution in [0.15, 0.2) is 12.5 Å². The van der Waals surface area contributed by atoms with Gasteiger partial charge in [0.1, 0.15) is 12.1 Å². The molecule has 0 fully saturated rings. The first-order valence-corrected chi connectivity index (χ1v) is 6.02. The molecule has 1 aromatic heterocycles. The number of primary amides is 1. The van der Waals surface area contributed by atoms with Crippen LogP contribution in [0.2, 0.25) is 0 Å². The molecule has 0 aliphatic heterocycles. The minimum atomic E-state index is -0.516. The summed E-state index contributed by atoms with van der Waals surface area (Å²) < 4.78 is 6.76. The lowest BCUT2D eigenvalue weighted by atomic mass is 10.2. The molecule has 0 atom stereocenters. The molecule has 1 heterocycles. The zero-order chi connectivity index (χ0) is 14.5. The third-order valence-electron chi connectivity index (χ3n) is 2.17. The Labute approximate surface area is 112 Å². The zero-order valence-corrected chi connectivity index (χ0v) is 11.5. The molecule has 0 unspecified atom stereocenters. The van der Waals surface area contributed by atoms with Gasteiger partial charge in [0.2, 0.25) is 5.91 Å². The van der Waals surface area contributed by atoms with E-state index in [1.54, 1.807) is 31.5 Å². The molecule has 0 spiro atoms. The molecule has 0 radical (unpaired) electrons. The summed E-state index contributed by atoms with van der Waals surface area (Å²) in [4.78, 5) is 26.2. The molecular weight excluding hydrogens is 248 g/mol. The number of carbonyl (C=O) groups is 2. The van der Waals surface area contributed by atoms with E-state index in [0.29, 0.717) is 13.0 Å². The van der Waals surface area contributed by atoms with Crippen molar-refractivity contribution >= 4 is 12.0 Å². The van der Waals surface area contributed by atoms with Gasteiger partial charge < -0.3 is 20.4 Å². The van der Waals surface area contributed by atoms with E-state index in [2.05, 4.69) is 10.3 Å². The minimum absolute atomic E-state index is 0.0851. The molecule has 0 bridgehead atoms. The number of hydrogen-bond donors (Lipinski definition) is 2. The van der Waals surface area contributed by atoms with Crippen molar-refractivity contribution in [1.29, 1.82) is 0 Å². The van der Waals surface area contributed by atoms with E-state index in [-0.39, 0.29) is 6.54 Å². The molecule has 106 valence electrons. The van der Waals surface area contributed by atoms with E-state index in [0.717, 1.165) is 5.69 Å². The second-order valence-electron chi connectivity index (χ2n) is 5.16. The Morgan fingerprint density at radius 1 is 1.47 bits per heavy atom. The zero-order valence-electron chi connectivity index (χ0n) is 11.5. The summed E-state index contributed by atoms with van der Waals surface area (Å²) in [6, 6.07) is 0. The molecule has 7 nitrogen and oxygen atoms in total. The standard InChI is InChI=1S/C12H20N4O3/c1-12(2,3)19-11(18)15-5-4-9-6-14-8-16(9)7-10(13)17/h6,8H,4-5,7H2,1-3H3,(H2,13,17)(H,15,18). The highest BCUT2D eigenvalue weighted by Gasteiger charge is 2.15. The van der Waals surface area contributed by atoms with Gasteiger partial charge in [0, 0.05) is 24.9 Å². The van der Waals surface area contributed by atoms with Crippen LogP contribution >= 0.6 is 0 Å². The van der Waals surface area contributed by atoms with Crippen molar-refractivity contribution in [2.24, 2.45) is 5.73 Å². The van der Waals surface area contributed by atoms with Gasteiger partial charge in [-0.15, -0.1) is 0 Å². The first kappa shape index (κ1) is 15.0. The number of carbonyl (C=O) groups excluding carboxylic acids is 2. The fraction of sp³-hybridized carbons (Fsp3) is 0.583. The maximum absolute atomic E-state index is 11.4. The van der Waals surface area contributed by atoms with E-state index in [1.807, 2.05) is 0 Å². The fourth-order valence-electron chi connectivity index (χ4n) is 1.47. The number of hydrogen-bond acceptors (Lipinski definition) is 4. The SMILES string of the molecule is CC(C)(C)OC(=O)NCCc1cncn1CC(N)=O. The van der Waals surface area contributed by atoms with Gasteiger partial charge in [-0.3, -0.25) is 4.79 Å². The van der Waals surface area contributed by atoms with E-state index in [9.17, 15) is 9.59 Å². The Morgan fingerprint density at radius 2 is 2.16 bits per heavy atom. The second-order valence-corrected chi connectivity index (χ2v) is 5.16. The smallest absolute Gasteiger partial charge is 0.407 e. The molecule has 19 heavy (non-hydrogen) atoms. The quantitative estimate of drug-likeness (QED) is 0.809. The van der Waals surface area contributed by atoms with Gasteiger partial charge in [-0.25, -0.2) is 9.78 Å². The van der Waals surface area contributed by atoms with Gasteiger partial charge >= 0.3 is 6.09 Å². The van der Waals surface area contributed by atoms with Crippen LogP contribution < -0.4 is 11.1 Å². The number of nitrogens with two attached hydrogens (primary N) is 1. The maximum Gasteiger partial charge on any atom is 0.407 e. The summed E-state index contributed by atoms with van der Waals surface area (Å²) in [6.07, 6.45) is 3.26. The lowest BCUT2D eigenvalue weighted by Crippen LogP contribution is -2.33. The van der Waals surface area contributed by atoms with Crippen LogP contribution in [0, 0.1) is 0 Å². The topological polar surface area (TPSA) is 99.2 Å². The first-order valence-electron chi connectivity index (χ1n) is 6.02. The van der Waals surface area contributed by atoms with Gasteiger partial charge in [-0.05, 0) is 20.8 Å². The Hall–Kier alpha value is -2.05. The second kappa shape index (κ2) is 6.21. The van der Waals surface area contributed by atoms with Crippen molar-refractivity contribution in [3.8, 4) is 0 Å². The number of nitrogens with one attached hydrogen (secondary N) is 1. The van der Waals surface area contributed by atoms with Crippen LogP contribution in [0.1, 0.15) is 26.5 Å². The summed E-state index contributed by atoms with van der Waals surface area (Å²) in [5, 5.41) is 2.64. The van der Waals surface area contributed by atoms with Gasteiger partial charge in [0.25, 0.3) is 0 Å². The molecule has 2 amide bonds. The molecule has 7 heteroatoms. The third kappa shape index (κ3) is 5.89. The minimum Gasteiger partial charge on any atom is -0.444 e. The largest absolute Gasteiger partial charge is 0.444 e. The molecular formula is C12H20N4O3. The van der Waals surface area contributed by atoms with Gasteiger partial charge in [0.05, 0.1) is 6.33 Å². The van der Waals surface area contributed by atoms with Crippen molar-refractivity contribution in [3.05, 3.63) is 18.2 Å². The normalized spacial score (nSPS) is 11.1. The number of ether oxygens (including phenoxy) is 1. The summed E-state index contributed by atoms with van der Waals surface area (Å²) in [7, 11) is 0. The lowest BCUT2D eigenvalue weighted by molar-refractivity contribution is -0.118. The average molecular weight is 268 g/mol. The fourth-order valence-corrected chi connectivity index (χ4v) is 1.47. The third-order valence-corrected chi connectivity index (χ3v) is 2.17. The van der Waals surface area contributed by atoms with Crippen LogP contribution in [0.25, 0.3) is 0 Å². The monoisotopic (exact) mass is 268 g/mol. The van der Waals surface area contributed by atoms with Crippen LogP contribution in [0.3, 0.4) is 0 Å². The summed E-state index contributed by atoms with van der Waals surface area (Å²) in [6.45, 7) is 5.89. The number of nitrogens with zero attached hydrogens (tertiary/aromatic N) is 2. The van der Waals surface area contributed by atoms with E-state index in [1.165, 1.54) is 6.33 Å². The molecule has 1 rings (SSSR count). The van der Waals surface area contributed by atoms with E-state index >= 15 is 0 Å².